The summed E-state index contributed by atoms with van der Waals surface area (Å²) in [6, 6.07) is 0. The van der Waals surface area contributed by atoms with E-state index in [1.165, 1.54) is 12.4 Å². The largest absolute Gasteiger partial charge is 0.300 e. The van der Waals surface area contributed by atoms with Crippen LogP contribution < -0.4 is 0 Å². The monoisotopic (exact) mass is 194 g/mol. The summed E-state index contributed by atoms with van der Waals surface area (Å²) in [5.41, 5.74) is 0.417. The number of nitrogens with zero attached hydrogens (tertiary/aromatic N) is 2. The topological polar surface area (TPSA) is 42.9 Å². The van der Waals surface area contributed by atoms with Crippen LogP contribution in [0, 0.1) is 5.95 Å². The van der Waals surface area contributed by atoms with Gasteiger partial charge in [0.25, 0.3) is 0 Å². The Balaban J connectivity index is 2.16. The van der Waals surface area contributed by atoms with Gasteiger partial charge in [0, 0.05) is 31.2 Å². The third-order valence-electron chi connectivity index (χ3n) is 2.61. The van der Waals surface area contributed by atoms with Crippen molar-refractivity contribution in [3.05, 3.63) is 24.0 Å². The molecule has 0 aliphatic heterocycles. The van der Waals surface area contributed by atoms with Crippen molar-refractivity contribution in [2.24, 2.45) is 0 Å². The van der Waals surface area contributed by atoms with Crippen LogP contribution in [0.15, 0.2) is 12.4 Å². The van der Waals surface area contributed by atoms with E-state index in [0.717, 1.165) is 0 Å². The molecule has 1 heterocycles. The van der Waals surface area contributed by atoms with Gasteiger partial charge in [-0.1, -0.05) is 0 Å². The van der Waals surface area contributed by atoms with Crippen molar-refractivity contribution in [3.63, 3.8) is 0 Å². The first-order valence-electron chi connectivity index (χ1n) is 4.75. The first-order valence-corrected chi connectivity index (χ1v) is 4.75. The molecule has 3 nitrogen and oxygen atoms in total. The van der Waals surface area contributed by atoms with Gasteiger partial charge < -0.3 is 0 Å². The van der Waals surface area contributed by atoms with Crippen molar-refractivity contribution in [2.45, 2.75) is 31.6 Å². The van der Waals surface area contributed by atoms with E-state index in [0.29, 0.717) is 31.4 Å². The molecule has 0 unspecified atom stereocenters. The van der Waals surface area contributed by atoms with Gasteiger partial charge in [-0.2, -0.15) is 4.39 Å². The SMILES string of the molecule is O=C1CCC(c2nccnc2F)CC1. The number of halogens is 1. The molecule has 1 fully saturated rings. The summed E-state index contributed by atoms with van der Waals surface area (Å²) in [4.78, 5) is 18.5. The molecule has 1 saturated carbocycles. The number of hydrogen-bond donors (Lipinski definition) is 0. The van der Waals surface area contributed by atoms with Crippen molar-refractivity contribution < 1.29 is 9.18 Å². The van der Waals surface area contributed by atoms with E-state index >= 15 is 0 Å². The van der Waals surface area contributed by atoms with E-state index in [4.69, 9.17) is 0 Å². The van der Waals surface area contributed by atoms with Gasteiger partial charge in [-0.25, -0.2) is 4.98 Å². The molecule has 14 heavy (non-hydrogen) atoms. The average Bonchev–Trinajstić information content (AvgIpc) is 2.20. The minimum Gasteiger partial charge on any atom is -0.300 e. The Morgan fingerprint density at radius 1 is 1.21 bits per heavy atom. The second kappa shape index (κ2) is 3.82. The first kappa shape index (κ1) is 9.24. The number of ketones is 1. The number of aromatic nitrogens is 2. The molecule has 0 N–H and O–H groups in total. The number of hydrogen-bond acceptors (Lipinski definition) is 3. The third-order valence-corrected chi connectivity index (χ3v) is 2.61. The Labute approximate surface area is 81.4 Å². The summed E-state index contributed by atoms with van der Waals surface area (Å²) >= 11 is 0. The number of carbonyl (C=O) groups excluding carboxylic acids is 1. The molecule has 4 heteroatoms. The van der Waals surface area contributed by atoms with Gasteiger partial charge in [0.15, 0.2) is 0 Å². The Morgan fingerprint density at radius 3 is 2.50 bits per heavy atom. The third kappa shape index (κ3) is 1.78. The molecule has 1 aromatic heterocycles. The maximum absolute atomic E-state index is 13.2. The van der Waals surface area contributed by atoms with E-state index in [9.17, 15) is 9.18 Å². The second-order valence-electron chi connectivity index (χ2n) is 3.55. The van der Waals surface area contributed by atoms with Gasteiger partial charge in [0.2, 0.25) is 5.95 Å². The van der Waals surface area contributed by atoms with Crippen LogP contribution in [0.25, 0.3) is 0 Å². The summed E-state index contributed by atoms with van der Waals surface area (Å²) in [6.07, 6.45) is 5.33. The summed E-state index contributed by atoms with van der Waals surface area (Å²) in [7, 11) is 0. The maximum Gasteiger partial charge on any atom is 0.234 e. The molecule has 0 spiro atoms. The summed E-state index contributed by atoms with van der Waals surface area (Å²) in [6.45, 7) is 0. The number of Topliss-reactive ketones (excluding diaryl/α,β-unsaturated/α-hetero) is 1. The molecule has 2 rings (SSSR count). The zero-order valence-corrected chi connectivity index (χ0v) is 7.74. The first-order chi connectivity index (χ1) is 6.77. The Morgan fingerprint density at radius 2 is 1.86 bits per heavy atom. The maximum atomic E-state index is 13.2. The molecule has 0 radical (unpaired) electrons. The Bertz CT molecular complexity index is 344. The summed E-state index contributed by atoms with van der Waals surface area (Å²) in [5.74, 6) is -0.154. The van der Waals surface area contributed by atoms with Crippen molar-refractivity contribution in [2.75, 3.05) is 0 Å². The second-order valence-corrected chi connectivity index (χ2v) is 3.55. The molecule has 1 aromatic rings. The average molecular weight is 194 g/mol. The quantitative estimate of drug-likeness (QED) is 0.685. The van der Waals surface area contributed by atoms with Crippen LogP contribution >= 0.6 is 0 Å². The molecule has 0 aromatic carbocycles. The van der Waals surface area contributed by atoms with Crippen LogP contribution in [0.1, 0.15) is 37.3 Å². The van der Waals surface area contributed by atoms with E-state index in [1.807, 2.05) is 0 Å². The molecule has 74 valence electrons. The van der Waals surface area contributed by atoms with Crippen LogP contribution in [-0.2, 0) is 4.79 Å². The molecule has 1 aliphatic carbocycles. The minimum absolute atomic E-state index is 0.0707. The molecule has 0 saturated heterocycles. The highest BCUT2D eigenvalue weighted by molar-refractivity contribution is 5.79. The fraction of sp³-hybridized carbons (Fsp3) is 0.500. The van der Waals surface area contributed by atoms with E-state index in [2.05, 4.69) is 9.97 Å². The number of rotatable bonds is 1. The Kier molecular flexibility index (Phi) is 2.52. The van der Waals surface area contributed by atoms with Gasteiger partial charge in [-0.05, 0) is 12.8 Å². The fourth-order valence-electron chi connectivity index (χ4n) is 1.82. The molecule has 0 bridgehead atoms. The van der Waals surface area contributed by atoms with Crippen LogP contribution in [0.4, 0.5) is 4.39 Å². The van der Waals surface area contributed by atoms with Crippen molar-refractivity contribution in [1.82, 2.24) is 9.97 Å². The smallest absolute Gasteiger partial charge is 0.234 e. The normalized spacial score (nSPS) is 18.5. The zero-order chi connectivity index (χ0) is 9.97. The fourth-order valence-corrected chi connectivity index (χ4v) is 1.82. The van der Waals surface area contributed by atoms with Gasteiger partial charge in [-0.15, -0.1) is 0 Å². The Hall–Kier alpha value is -1.32. The number of carbonyl (C=O) groups is 1. The highest BCUT2D eigenvalue weighted by Gasteiger charge is 2.23. The molecular weight excluding hydrogens is 183 g/mol. The van der Waals surface area contributed by atoms with E-state index < -0.39 is 5.95 Å². The van der Waals surface area contributed by atoms with Gasteiger partial charge in [-0.3, -0.25) is 9.78 Å². The molecule has 0 atom stereocenters. The van der Waals surface area contributed by atoms with Gasteiger partial charge >= 0.3 is 0 Å². The van der Waals surface area contributed by atoms with Crippen molar-refractivity contribution >= 4 is 5.78 Å². The zero-order valence-electron chi connectivity index (χ0n) is 7.74. The van der Waals surface area contributed by atoms with Crippen molar-refractivity contribution in [3.8, 4) is 0 Å². The van der Waals surface area contributed by atoms with E-state index in [1.54, 1.807) is 0 Å². The van der Waals surface area contributed by atoms with E-state index in [-0.39, 0.29) is 11.7 Å². The molecule has 1 aliphatic rings. The lowest BCUT2D eigenvalue weighted by molar-refractivity contribution is -0.120. The predicted octanol–water partition coefficient (Wildman–Crippen LogP) is 1.84. The van der Waals surface area contributed by atoms with Crippen LogP contribution in [-0.4, -0.2) is 15.8 Å². The van der Waals surface area contributed by atoms with Gasteiger partial charge in [0.1, 0.15) is 5.78 Å². The summed E-state index contributed by atoms with van der Waals surface area (Å²) in [5, 5.41) is 0. The standard InChI is InChI=1S/C10H11FN2O/c11-10-9(12-5-6-13-10)7-1-3-8(14)4-2-7/h5-7H,1-4H2. The lowest BCUT2D eigenvalue weighted by Gasteiger charge is -2.19. The molecular formula is C10H11FN2O. The predicted molar refractivity (Wildman–Crippen MR) is 48.2 cm³/mol. The highest BCUT2D eigenvalue weighted by Crippen LogP contribution is 2.30. The molecule has 0 amide bonds. The van der Waals surface area contributed by atoms with Crippen molar-refractivity contribution in [1.29, 1.82) is 0 Å². The lowest BCUT2D eigenvalue weighted by Crippen LogP contribution is -2.15. The van der Waals surface area contributed by atoms with Crippen LogP contribution in [0.5, 0.6) is 0 Å². The summed E-state index contributed by atoms with van der Waals surface area (Å²) < 4.78 is 13.2. The van der Waals surface area contributed by atoms with Crippen LogP contribution in [0.2, 0.25) is 0 Å². The lowest BCUT2D eigenvalue weighted by atomic mass is 9.86. The minimum atomic E-state index is -0.494. The van der Waals surface area contributed by atoms with Crippen LogP contribution in [0.3, 0.4) is 0 Å². The van der Waals surface area contributed by atoms with Gasteiger partial charge in [0.05, 0.1) is 5.69 Å². The highest BCUT2D eigenvalue weighted by atomic mass is 19.1.